The average molecular weight is 328 g/mol. The molecule has 1 fully saturated rings. The zero-order valence-corrected chi connectivity index (χ0v) is 14.1. The molecule has 0 spiro atoms. The molecule has 2 aromatic heterocycles. The van der Waals surface area contributed by atoms with Crippen molar-refractivity contribution in [1.82, 2.24) is 20.0 Å². The van der Waals surface area contributed by atoms with Crippen molar-refractivity contribution in [3.8, 4) is 11.5 Å². The fourth-order valence-corrected chi connectivity index (χ4v) is 3.19. The largest absolute Gasteiger partial charge is 0.343 e. The third kappa shape index (κ3) is 4.19. The molecule has 0 atom stereocenters. The van der Waals surface area contributed by atoms with Crippen LogP contribution in [-0.2, 0) is 11.2 Å². The van der Waals surface area contributed by atoms with Crippen molar-refractivity contribution in [1.29, 1.82) is 0 Å². The fourth-order valence-electron chi connectivity index (χ4n) is 3.19. The van der Waals surface area contributed by atoms with Crippen molar-refractivity contribution in [2.75, 3.05) is 7.05 Å². The van der Waals surface area contributed by atoms with Crippen molar-refractivity contribution in [3.05, 3.63) is 30.3 Å². The Hall–Kier alpha value is -2.24. The summed E-state index contributed by atoms with van der Waals surface area (Å²) in [5, 5.41) is 3.94. The van der Waals surface area contributed by atoms with Crippen molar-refractivity contribution >= 4 is 5.91 Å². The van der Waals surface area contributed by atoms with Gasteiger partial charge in [-0.3, -0.25) is 9.78 Å². The molecule has 0 radical (unpaired) electrons. The van der Waals surface area contributed by atoms with Crippen molar-refractivity contribution < 1.29 is 9.32 Å². The lowest BCUT2D eigenvalue weighted by molar-refractivity contribution is -0.132. The molecule has 0 aromatic carbocycles. The molecule has 6 nitrogen and oxygen atoms in total. The number of hydrogen-bond donors (Lipinski definition) is 0. The van der Waals surface area contributed by atoms with Gasteiger partial charge in [-0.1, -0.05) is 36.9 Å². The van der Waals surface area contributed by atoms with Crippen LogP contribution in [0.4, 0.5) is 0 Å². The summed E-state index contributed by atoms with van der Waals surface area (Å²) in [5.74, 6) is 1.10. The van der Waals surface area contributed by atoms with Gasteiger partial charge in [-0.2, -0.15) is 4.98 Å². The minimum absolute atomic E-state index is 0.152. The van der Waals surface area contributed by atoms with Gasteiger partial charge in [0, 0.05) is 32.1 Å². The molecule has 2 heterocycles. The van der Waals surface area contributed by atoms with E-state index in [4.69, 9.17) is 4.52 Å². The van der Waals surface area contributed by atoms with E-state index in [9.17, 15) is 4.79 Å². The maximum Gasteiger partial charge on any atom is 0.227 e. The number of carbonyl (C=O) groups is 1. The molecule has 1 aliphatic rings. The average Bonchev–Trinajstić information content (AvgIpc) is 2.93. The first kappa shape index (κ1) is 16.6. The number of aromatic nitrogens is 3. The van der Waals surface area contributed by atoms with E-state index in [1.54, 1.807) is 6.20 Å². The molecule has 0 saturated heterocycles. The second-order valence-electron chi connectivity index (χ2n) is 6.38. The van der Waals surface area contributed by atoms with Gasteiger partial charge in [-0.05, 0) is 25.0 Å². The lowest BCUT2D eigenvalue weighted by Gasteiger charge is -2.27. The van der Waals surface area contributed by atoms with Gasteiger partial charge in [0.2, 0.25) is 17.6 Å². The zero-order valence-electron chi connectivity index (χ0n) is 14.1. The van der Waals surface area contributed by atoms with Crippen molar-refractivity contribution in [2.24, 2.45) is 0 Å². The highest BCUT2D eigenvalue weighted by atomic mass is 16.5. The molecule has 3 rings (SSSR count). The predicted molar refractivity (Wildman–Crippen MR) is 90.1 cm³/mol. The summed E-state index contributed by atoms with van der Waals surface area (Å²) in [6.45, 7) is 0. The van der Waals surface area contributed by atoms with E-state index in [0.29, 0.717) is 36.3 Å². The van der Waals surface area contributed by atoms with Crippen LogP contribution in [0.1, 0.15) is 50.8 Å². The van der Waals surface area contributed by atoms with Crippen LogP contribution in [0, 0.1) is 0 Å². The molecule has 128 valence electrons. The third-order valence-electron chi connectivity index (χ3n) is 4.68. The minimum Gasteiger partial charge on any atom is -0.343 e. The molecule has 1 aliphatic carbocycles. The Kier molecular flexibility index (Phi) is 5.56. The maximum atomic E-state index is 12.4. The molecule has 0 N–H and O–H groups in total. The molecule has 0 aliphatic heterocycles. The Balaban J connectivity index is 1.53. The van der Waals surface area contributed by atoms with Crippen LogP contribution in [0.15, 0.2) is 28.9 Å². The second kappa shape index (κ2) is 8.04. The third-order valence-corrected chi connectivity index (χ3v) is 4.68. The standard InChI is InChI=1S/C18H24N4O2/c1-22(14-8-4-2-3-5-9-14)17(23)12-11-16-20-18(21-24-16)15-10-6-7-13-19-15/h6-7,10,13-14H,2-5,8-9,11-12H2,1H3. The first-order valence-electron chi connectivity index (χ1n) is 8.73. The number of pyridine rings is 1. The first-order chi connectivity index (χ1) is 11.7. The summed E-state index contributed by atoms with van der Waals surface area (Å²) >= 11 is 0. The number of amides is 1. The Labute approximate surface area is 142 Å². The van der Waals surface area contributed by atoms with E-state index in [0.717, 1.165) is 12.8 Å². The van der Waals surface area contributed by atoms with E-state index in [1.807, 2.05) is 30.1 Å². The quantitative estimate of drug-likeness (QED) is 0.788. The number of hydrogen-bond acceptors (Lipinski definition) is 5. The smallest absolute Gasteiger partial charge is 0.227 e. The Morgan fingerprint density at radius 2 is 2.04 bits per heavy atom. The highest BCUT2D eigenvalue weighted by Crippen LogP contribution is 2.22. The summed E-state index contributed by atoms with van der Waals surface area (Å²) in [5.41, 5.74) is 0.675. The van der Waals surface area contributed by atoms with Crippen LogP contribution in [0.2, 0.25) is 0 Å². The van der Waals surface area contributed by atoms with Gasteiger partial charge < -0.3 is 9.42 Å². The van der Waals surface area contributed by atoms with Gasteiger partial charge in [0.25, 0.3) is 0 Å². The molecule has 0 bridgehead atoms. The van der Waals surface area contributed by atoms with Gasteiger partial charge in [-0.15, -0.1) is 0 Å². The monoisotopic (exact) mass is 328 g/mol. The summed E-state index contributed by atoms with van der Waals surface area (Å²) in [4.78, 5) is 22.9. The molecule has 0 unspecified atom stereocenters. The van der Waals surface area contributed by atoms with E-state index >= 15 is 0 Å². The summed E-state index contributed by atoms with van der Waals surface area (Å²) < 4.78 is 5.24. The Morgan fingerprint density at radius 1 is 1.25 bits per heavy atom. The molecule has 1 saturated carbocycles. The molecule has 24 heavy (non-hydrogen) atoms. The Morgan fingerprint density at radius 3 is 2.75 bits per heavy atom. The van der Waals surface area contributed by atoms with E-state index in [-0.39, 0.29) is 5.91 Å². The molecular weight excluding hydrogens is 304 g/mol. The van der Waals surface area contributed by atoms with E-state index in [2.05, 4.69) is 15.1 Å². The van der Waals surface area contributed by atoms with Crippen molar-refractivity contribution in [2.45, 2.75) is 57.4 Å². The van der Waals surface area contributed by atoms with E-state index in [1.165, 1.54) is 25.7 Å². The molecule has 1 amide bonds. The number of rotatable bonds is 5. The van der Waals surface area contributed by atoms with Gasteiger partial charge in [0.15, 0.2) is 0 Å². The summed E-state index contributed by atoms with van der Waals surface area (Å²) in [6, 6.07) is 5.93. The lowest BCUT2D eigenvalue weighted by atomic mass is 10.1. The summed E-state index contributed by atoms with van der Waals surface area (Å²) in [7, 11) is 1.92. The maximum absolute atomic E-state index is 12.4. The SMILES string of the molecule is CN(C(=O)CCc1nc(-c2ccccn2)no1)C1CCCCCC1. The lowest BCUT2D eigenvalue weighted by Crippen LogP contribution is -2.36. The van der Waals surface area contributed by atoms with Crippen LogP contribution < -0.4 is 0 Å². The number of carbonyl (C=O) groups excluding carboxylic acids is 1. The number of nitrogens with zero attached hydrogens (tertiary/aromatic N) is 4. The van der Waals surface area contributed by atoms with Gasteiger partial charge in [0.05, 0.1) is 0 Å². The Bertz CT molecular complexity index is 648. The topological polar surface area (TPSA) is 72.1 Å². The van der Waals surface area contributed by atoms with Crippen molar-refractivity contribution in [3.63, 3.8) is 0 Å². The highest BCUT2D eigenvalue weighted by Gasteiger charge is 2.21. The van der Waals surface area contributed by atoms with Crippen LogP contribution in [-0.4, -0.2) is 39.0 Å². The normalized spacial score (nSPS) is 15.9. The predicted octanol–water partition coefficient (Wildman–Crippen LogP) is 3.25. The van der Waals surface area contributed by atoms with Gasteiger partial charge in [0.1, 0.15) is 5.69 Å². The molecule has 2 aromatic rings. The zero-order chi connectivity index (χ0) is 16.8. The number of aryl methyl sites for hydroxylation is 1. The van der Waals surface area contributed by atoms with Gasteiger partial charge >= 0.3 is 0 Å². The highest BCUT2D eigenvalue weighted by molar-refractivity contribution is 5.76. The fraction of sp³-hybridized carbons (Fsp3) is 0.556. The van der Waals surface area contributed by atoms with E-state index < -0.39 is 0 Å². The molecular formula is C18H24N4O2. The second-order valence-corrected chi connectivity index (χ2v) is 6.38. The molecule has 6 heteroatoms. The van der Waals surface area contributed by atoms with Crippen LogP contribution in [0.3, 0.4) is 0 Å². The summed E-state index contributed by atoms with van der Waals surface area (Å²) in [6.07, 6.45) is 9.81. The van der Waals surface area contributed by atoms with Crippen LogP contribution >= 0.6 is 0 Å². The first-order valence-corrected chi connectivity index (χ1v) is 8.73. The minimum atomic E-state index is 0.152. The van der Waals surface area contributed by atoms with Crippen LogP contribution in [0.25, 0.3) is 11.5 Å². The van der Waals surface area contributed by atoms with Crippen LogP contribution in [0.5, 0.6) is 0 Å². The van der Waals surface area contributed by atoms with Gasteiger partial charge in [-0.25, -0.2) is 0 Å².